The minimum Gasteiger partial charge on any atom is -0.340 e. The number of carbonyl (C=O) groups is 1. The van der Waals surface area contributed by atoms with E-state index in [1.807, 2.05) is 61.0 Å². The number of H-pyrrole nitrogens is 1. The lowest BCUT2D eigenvalue weighted by atomic mass is 10.2. The zero-order chi connectivity index (χ0) is 21.2. The molecule has 7 heteroatoms. The molecule has 0 saturated carbocycles. The minimum atomic E-state index is 0.0431. The molecule has 0 aliphatic heterocycles. The molecule has 5 nitrogen and oxygen atoms in total. The van der Waals surface area contributed by atoms with Gasteiger partial charge in [-0.05, 0) is 23.6 Å². The Balaban J connectivity index is 1.39. The Hall–Kier alpha value is -3.29. The van der Waals surface area contributed by atoms with E-state index in [4.69, 9.17) is 4.98 Å². The number of thiophene rings is 1. The number of aromatic nitrogens is 3. The highest BCUT2D eigenvalue weighted by molar-refractivity contribution is 7.17. The lowest BCUT2D eigenvalue weighted by Gasteiger charge is -2.15. The Morgan fingerprint density at radius 2 is 1.81 bits per heavy atom. The molecule has 0 bridgehead atoms. The second-order valence-corrected chi connectivity index (χ2v) is 9.29. The topological polar surface area (TPSA) is 61.9 Å². The first-order valence-electron chi connectivity index (χ1n) is 9.94. The van der Waals surface area contributed by atoms with Crippen LogP contribution in [0.4, 0.5) is 0 Å². The van der Waals surface area contributed by atoms with E-state index in [-0.39, 0.29) is 5.91 Å². The molecule has 0 spiro atoms. The summed E-state index contributed by atoms with van der Waals surface area (Å²) in [5.74, 6) is 0.825. The number of amides is 1. The van der Waals surface area contributed by atoms with Gasteiger partial charge in [-0.3, -0.25) is 4.79 Å². The van der Waals surface area contributed by atoms with Crippen molar-refractivity contribution in [3.05, 3.63) is 82.8 Å². The molecule has 2 aromatic carbocycles. The first kappa shape index (κ1) is 19.7. The van der Waals surface area contributed by atoms with Gasteiger partial charge in [-0.25, -0.2) is 9.97 Å². The van der Waals surface area contributed by atoms with Crippen molar-refractivity contribution in [3.8, 4) is 21.1 Å². The summed E-state index contributed by atoms with van der Waals surface area (Å²) in [6.45, 7) is 0.437. The van der Waals surface area contributed by atoms with Crippen molar-refractivity contribution in [1.29, 1.82) is 0 Å². The zero-order valence-electron chi connectivity index (χ0n) is 16.9. The molecule has 5 rings (SSSR count). The number of benzene rings is 2. The Morgan fingerprint density at radius 3 is 2.58 bits per heavy atom. The van der Waals surface area contributed by atoms with E-state index in [0.29, 0.717) is 13.0 Å². The van der Waals surface area contributed by atoms with Crippen molar-refractivity contribution >= 4 is 39.6 Å². The number of rotatable bonds is 6. The van der Waals surface area contributed by atoms with E-state index in [0.717, 1.165) is 42.9 Å². The number of thiazole rings is 1. The number of fused-ring (bicyclic) bond motifs is 1. The second kappa shape index (κ2) is 8.45. The lowest BCUT2D eigenvalue weighted by molar-refractivity contribution is -0.129. The Bertz CT molecular complexity index is 1290. The van der Waals surface area contributed by atoms with Crippen molar-refractivity contribution < 1.29 is 4.79 Å². The molecule has 0 radical (unpaired) electrons. The molecule has 5 aromatic rings. The smallest absolute Gasteiger partial charge is 0.228 e. The van der Waals surface area contributed by atoms with Crippen LogP contribution in [-0.2, 0) is 17.8 Å². The van der Waals surface area contributed by atoms with Crippen LogP contribution in [0, 0.1) is 0 Å². The van der Waals surface area contributed by atoms with Gasteiger partial charge in [0.15, 0.2) is 0 Å². The fourth-order valence-corrected chi connectivity index (χ4v) is 5.33. The lowest BCUT2D eigenvalue weighted by Crippen LogP contribution is -2.28. The number of imidazole rings is 1. The van der Waals surface area contributed by atoms with E-state index in [1.165, 1.54) is 0 Å². The summed E-state index contributed by atoms with van der Waals surface area (Å²) in [5.41, 5.74) is 3.87. The predicted octanol–water partition coefficient (Wildman–Crippen LogP) is 5.62. The van der Waals surface area contributed by atoms with Crippen LogP contribution >= 0.6 is 22.7 Å². The van der Waals surface area contributed by atoms with Crippen molar-refractivity contribution in [1.82, 2.24) is 19.9 Å². The third kappa shape index (κ3) is 4.15. The molecule has 154 valence electrons. The molecule has 0 atom stereocenters. The summed E-state index contributed by atoms with van der Waals surface area (Å²) >= 11 is 3.23. The van der Waals surface area contributed by atoms with Crippen molar-refractivity contribution in [3.63, 3.8) is 0 Å². The number of para-hydroxylation sites is 2. The molecular formula is C24H20N4OS2. The second-order valence-electron chi connectivity index (χ2n) is 7.26. The molecule has 0 fully saturated rings. The Labute approximate surface area is 188 Å². The monoisotopic (exact) mass is 444 g/mol. The van der Waals surface area contributed by atoms with Gasteiger partial charge in [-0.1, -0.05) is 48.5 Å². The summed E-state index contributed by atoms with van der Waals surface area (Å²) in [6.07, 6.45) is 0.314. The summed E-state index contributed by atoms with van der Waals surface area (Å²) in [4.78, 5) is 29.6. The fraction of sp³-hybridized carbons (Fsp3) is 0.125. The van der Waals surface area contributed by atoms with E-state index in [9.17, 15) is 4.79 Å². The van der Waals surface area contributed by atoms with Gasteiger partial charge in [0.2, 0.25) is 5.91 Å². The highest BCUT2D eigenvalue weighted by Gasteiger charge is 2.20. The van der Waals surface area contributed by atoms with Gasteiger partial charge in [-0.15, -0.1) is 22.7 Å². The number of hydrogen-bond acceptors (Lipinski definition) is 5. The van der Waals surface area contributed by atoms with Crippen LogP contribution in [0.15, 0.2) is 72.1 Å². The van der Waals surface area contributed by atoms with Crippen molar-refractivity contribution in [2.24, 2.45) is 0 Å². The largest absolute Gasteiger partial charge is 0.340 e. The standard InChI is InChI=1S/C24H20N4OS2/c1-28(15-21-25-17-10-5-6-11-18(17)26-21)22(29)14-20-23(19-12-7-13-30-19)27-24(31-20)16-8-3-2-4-9-16/h2-13H,14-15H2,1H3,(H,25,26). The van der Waals surface area contributed by atoms with E-state index in [1.54, 1.807) is 27.6 Å². The van der Waals surface area contributed by atoms with Crippen LogP contribution < -0.4 is 0 Å². The third-order valence-corrected chi connectivity index (χ3v) is 7.02. The van der Waals surface area contributed by atoms with E-state index >= 15 is 0 Å². The van der Waals surface area contributed by atoms with Gasteiger partial charge >= 0.3 is 0 Å². The molecule has 31 heavy (non-hydrogen) atoms. The summed E-state index contributed by atoms with van der Waals surface area (Å²) in [5, 5.41) is 2.97. The van der Waals surface area contributed by atoms with Gasteiger partial charge in [0.25, 0.3) is 0 Å². The summed E-state index contributed by atoms with van der Waals surface area (Å²) in [7, 11) is 1.82. The molecule has 0 unspecified atom stereocenters. The van der Waals surface area contributed by atoms with Crippen LogP contribution in [0.3, 0.4) is 0 Å². The number of hydrogen-bond donors (Lipinski definition) is 1. The maximum absolute atomic E-state index is 13.1. The minimum absolute atomic E-state index is 0.0431. The quantitative estimate of drug-likeness (QED) is 0.370. The Kier molecular flexibility index (Phi) is 5.36. The zero-order valence-corrected chi connectivity index (χ0v) is 18.5. The molecule has 1 N–H and O–H groups in total. The highest BCUT2D eigenvalue weighted by atomic mass is 32.1. The number of carbonyl (C=O) groups excluding carboxylic acids is 1. The van der Waals surface area contributed by atoms with Gasteiger partial charge in [-0.2, -0.15) is 0 Å². The Morgan fingerprint density at radius 1 is 1.00 bits per heavy atom. The van der Waals surface area contributed by atoms with Crippen LogP contribution in [0.25, 0.3) is 32.2 Å². The molecule has 3 aromatic heterocycles. The van der Waals surface area contributed by atoms with E-state index in [2.05, 4.69) is 28.2 Å². The number of likely N-dealkylation sites (N-methyl/N-ethyl adjacent to an activating group) is 1. The molecule has 0 saturated heterocycles. The van der Waals surface area contributed by atoms with E-state index < -0.39 is 0 Å². The molecular weight excluding hydrogens is 424 g/mol. The SMILES string of the molecule is CN(Cc1nc2ccccc2[nH]1)C(=O)Cc1sc(-c2ccccc2)nc1-c1cccs1. The first-order valence-corrected chi connectivity index (χ1v) is 11.6. The van der Waals surface area contributed by atoms with Crippen LogP contribution in [0.5, 0.6) is 0 Å². The first-order chi connectivity index (χ1) is 15.2. The number of aromatic amines is 1. The molecule has 3 heterocycles. The molecule has 0 aliphatic rings. The van der Waals surface area contributed by atoms with Crippen LogP contribution in [-0.4, -0.2) is 32.8 Å². The maximum atomic E-state index is 13.1. The average molecular weight is 445 g/mol. The average Bonchev–Trinajstić information content (AvgIpc) is 3.53. The molecule has 0 aliphatic carbocycles. The molecule has 1 amide bonds. The van der Waals surface area contributed by atoms with Crippen molar-refractivity contribution in [2.75, 3.05) is 7.05 Å². The normalized spacial score (nSPS) is 11.1. The maximum Gasteiger partial charge on any atom is 0.228 e. The summed E-state index contributed by atoms with van der Waals surface area (Å²) < 4.78 is 0. The highest BCUT2D eigenvalue weighted by Crippen LogP contribution is 2.36. The van der Waals surface area contributed by atoms with Crippen LogP contribution in [0.1, 0.15) is 10.7 Å². The third-order valence-electron chi connectivity index (χ3n) is 5.04. The van der Waals surface area contributed by atoms with Crippen molar-refractivity contribution in [2.45, 2.75) is 13.0 Å². The van der Waals surface area contributed by atoms with Crippen LogP contribution in [0.2, 0.25) is 0 Å². The summed E-state index contributed by atoms with van der Waals surface area (Å²) in [6, 6.07) is 22.1. The van der Waals surface area contributed by atoms with Gasteiger partial charge in [0, 0.05) is 17.5 Å². The van der Waals surface area contributed by atoms with Gasteiger partial charge < -0.3 is 9.88 Å². The number of nitrogens with zero attached hydrogens (tertiary/aromatic N) is 3. The van der Waals surface area contributed by atoms with Gasteiger partial charge in [0.05, 0.1) is 34.6 Å². The predicted molar refractivity (Wildman–Crippen MR) is 127 cm³/mol. The number of nitrogens with one attached hydrogen (secondary N) is 1. The fourth-order valence-electron chi connectivity index (χ4n) is 3.45. The van der Waals surface area contributed by atoms with Gasteiger partial charge in [0.1, 0.15) is 10.8 Å².